The van der Waals surface area contributed by atoms with Gasteiger partial charge in [-0.05, 0) is 46.3 Å². The van der Waals surface area contributed by atoms with Crippen LogP contribution in [0, 0.1) is 0 Å². The van der Waals surface area contributed by atoms with Crippen LogP contribution >= 0.6 is 0 Å². The smallest absolute Gasteiger partial charge is 0.136 e. The van der Waals surface area contributed by atoms with Gasteiger partial charge in [-0.15, -0.1) is 0 Å². The molecule has 2 rings (SSSR count). The third-order valence-corrected chi connectivity index (χ3v) is 3.33. The maximum Gasteiger partial charge on any atom is 0.136 e. The van der Waals surface area contributed by atoms with Gasteiger partial charge in [0.1, 0.15) is 17.5 Å². The van der Waals surface area contributed by atoms with Crippen LogP contribution in [0.4, 0.5) is 11.6 Å². The van der Waals surface area contributed by atoms with E-state index in [1.807, 2.05) is 6.07 Å². The standard InChI is InChI=1S/C15H27N5/c1-4-8-16-13-11-14(17-9-5-10-20(2)3)19-15(18-13)12-6-7-12/h11-12H,4-10H2,1-3H3,(H2,16,17,18,19). The minimum Gasteiger partial charge on any atom is -0.370 e. The molecule has 5 heteroatoms. The Morgan fingerprint density at radius 1 is 1.15 bits per heavy atom. The fraction of sp³-hybridized carbons (Fsp3) is 0.733. The van der Waals surface area contributed by atoms with E-state index in [-0.39, 0.29) is 0 Å². The van der Waals surface area contributed by atoms with Crippen LogP contribution in [0.2, 0.25) is 0 Å². The van der Waals surface area contributed by atoms with E-state index in [0.29, 0.717) is 5.92 Å². The van der Waals surface area contributed by atoms with Gasteiger partial charge >= 0.3 is 0 Å². The maximum absolute atomic E-state index is 4.64. The molecule has 112 valence electrons. The van der Waals surface area contributed by atoms with E-state index in [9.17, 15) is 0 Å². The summed E-state index contributed by atoms with van der Waals surface area (Å²) in [7, 11) is 4.20. The maximum atomic E-state index is 4.64. The lowest BCUT2D eigenvalue weighted by Gasteiger charge is -2.12. The molecule has 0 bridgehead atoms. The van der Waals surface area contributed by atoms with Gasteiger partial charge in [0, 0.05) is 25.1 Å². The Bertz CT molecular complexity index is 415. The first-order valence-corrected chi connectivity index (χ1v) is 7.70. The molecule has 1 aromatic heterocycles. The number of nitrogens with one attached hydrogen (secondary N) is 2. The van der Waals surface area contributed by atoms with Gasteiger partial charge in [0.25, 0.3) is 0 Å². The lowest BCUT2D eigenvalue weighted by molar-refractivity contribution is 0.405. The van der Waals surface area contributed by atoms with Crippen molar-refractivity contribution in [3.8, 4) is 0 Å². The highest BCUT2D eigenvalue weighted by molar-refractivity contribution is 5.48. The average Bonchev–Trinajstić information content (AvgIpc) is 3.25. The van der Waals surface area contributed by atoms with Crippen LogP contribution in [0.15, 0.2) is 6.07 Å². The van der Waals surface area contributed by atoms with Crippen molar-refractivity contribution in [2.24, 2.45) is 0 Å². The molecule has 1 aromatic rings. The zero-order valence-electron chi connectivity index (χ0n) is 12.9. The summed E-state index contributed by atoms with van der Waals surface area (Å²) < 4.78 is 0. The minimum atomic E-state index is 0.584. The fourth-order valence-electron chi connectivity index (χ4n) is 2.04. The lowest BCUT2D eigenvalue weighted by atomic mass is 10.3. The Morgan fingerprint density at radius 2 is 1.80 bits per heavy atom. The van der Waals surface area contributed by atoms with Crippen molar-refractivity contribution >= 4 is 11.6 Å². The second-order valence-corrected chi connectivity index (χ2v) is 5.78. The Hall–Kier alpha value is -1.36. The van der Waals surface area contributed by atoms with E-state index in [4.69, 9.17) is 0 Å². The SMILES string of the molecule is CCCNc1cc(NCCCN(C)C)nc(C2CC2)n1. The number of hydrogen-bond donors (Lipinski definition) is 2. The minimum absolute atomic E-state index is 0.584. The monoisotopic (exact) mass is 277 g/mol. The van der Waals surface area contributed by atoms with Crippen LogP contribution < -0.4 is 10.6 Å². The van der Waals surface area contributed by atoms with E-state index in [2.05, 4.69) is 46.5 Å². The third-order valence-electron chi connectivity index (χ3n) is 3.33. The van der Waals surface area contributed by atoms with Crippen molar-refractivity contribution in [3.05, 3.63) is 11.9 Å². The predicted molar refractivity (Wildman–Crippen MR) is 84.4 cm³/mol. The first-order chi connectivity index (χ1) is 9.69. The summed E-state index contributed by atoms with van der Waals surface area (Å²) in [6, 6.07) is 2.02. The first-order valence-electron chi connectivity index (χ1n) is 7.70. The molecule has 2 N–H and O–H groups in total. The van der Waals surface area contributed by atoms with Gasteiger partial charge < -0.3 is 15.5 Å². The van der Waals surface area contributed by atoms with E-state index in [1.165, 1.54) is 12.8 Å². The molecule has 0 aromatic carbocycles. The number of hydrogen-bond acceptors (Lipinski definition) is 5. The Morgan fingerprint density at radius 3 is 2.35 bits per heavy atom. The number of aromatic nitrogens is 2. The molecule has 0 spiro atoms. The molecule has 1 heterocycles. The van der Waals surface area contributed by atoms with Crippen molar-refractivity contribution in [1.82, 2.24) is 14.9 Å². The van der Waals surface area contributed by atoms with Gasteiger partial charge in [-0.1, -0.05) is 6.92 Å². The van der Waals surface area contributed by atoms with E-state index >= 15 is 0 Å². The molecule has 0 radical (unpaired) electrons. The average molecular weight is 277 g/mol. The Balaban J connectivity index is 1.93. The van der Waals surface area contributed by atoms with Gasteiger partial charge in [-0.3, -0.25) is 0 Å². The summed E-state index contributed by atoms with van der Waals surface area (Å²) in [6.07, 6.45) is 4.69. The molecule has 0 unspecified atom stereocenters. The summed E-state index contributed by atoms with van der Waals surface area (Å²) in [5, 5.41) is 6.79. The molecule has 1 fully saturated rings. The van der Waals surface area contributed by atoms with Gasteiger partial charge in [0.15, 0.2) is 0 Å². The van der Waals surface area contributed by atoms with Crippen molar-refractivity contribution < 1.29 is 0 Å². The molecule has 0 amide bonds. The molecule has 1 aliphatic rings. The van der Waals surface area contributed by atoms with Crippen molar-refractivity contribution in [1.29, 1.82) is 0 Å². The van der Waals surface area contributed by atoms with Crippen LogP contribution in [0.5, 0.6) is 0 Å². The number of rotatable bonds is 9. The van der Waals surface area contributed by atoms with Crippen molar-refractivity contribution in [2.75, 3.05) is 44.4 Å². The molecular formula is C15H27N5. The van der Waals surface area contributed by atoms with Crippen molar-refractivity contribution in [2.45, 2.75) is 38.5 Å². The molecule has 5 nitrogen and oxygen atoms in total. The highest BCUT2D eigenvalue weighted by atomic mass is 15.1. The molecule has 1 aliphatic carbocycles. The summed E-state index contributed by atoms with van der Waals surface area (Å²) in [6.45, 7) is 5.17. The molecular weight excluding hydrogens is 250 g/mol. The number of nitrogens with zero attached hydrogens (tertiary/aromatic N) is 3. The molecule has 0 saturated heterocycles. The summed E-state index contributed by atoms with van der Waals surface area (Å²) in [4.78, 5) is 11.5. The predicted octanol–water partition coefficient (Wildman–Crippen LogP) is 2.54. The molecule has 1 saturated carbocycles. The fourth-order valence-corrected chi connectivity index (χ4v) is 2.04. The van der Waals surface area contributed by atoms with E-state index in [0.717, 1.165) is 49.9 Å². The topological polar surface area (TPSA) is 53.1 Å². The largest absolute Gasteiger partial charge is 0.370 e. The van der Waals surface area contributed by atoms with E-state index in [1.54, 1.807) is 0 Å². The van der Waals surface area contributed by atoms with Gasteiger partial charge in [0.05, 0.1) is 0 Å². The highest BCUT2D eigenvalue weighted by Gasteiger charge is 2.27. The van der Waals surface area contributed by atoms with E-state index < -0.39 is 0 Å². The summed E-state index contributed by atoms with van der Waals surface area (Å²) in [5.74, 6) is 3.50. The second kappa shape index (κ2) is 7.43. The second-order valence-electron chi connectivity index (χ2n) is 5.78. The van der Waals surface area contributed by atoms with Gasteiger partial charge in [0.2, 0.25) is 0 Å². The summed E-state index contributed by atoms with van der Waals surface area (Å²) >= 11 is 0. The Kier molecular flexibility index (Phi) is 5.59. The molecule has 0 atom stereocenters. The normalized spacial score (nSPS) is 14.6. The van der Waals surface area contributed by atoms with Crippen LogP contribution in [0.3, 0.4) is 0 Å². The quantitative estimate of drug-likeness (QED) is 0.679. The highest BCUT2D eigenvalue weighted by Crippen LogP contribution is 2.38. The number of anilines is 2. The Labute approximate surface area is 122 Å². The van der Waals surface area contributed by atoms with Crippen LogP contribution in [0.25, 0.3) is 0 Å². The van der Waals surface area contributed by atoms with Crippen LogP contribution in [0.1, 0.15) is 44.3 Å². The van der Waals surface area contributed by atoms with Crippen LogP contribution in [-0.2, 0) is 0 Å². The zero-order chi connectivity index (χ0) is 14.4. The van der Waals surface area contributed by atoms with Crippen molar-refractivity contribution in [3.63, 3.8) is 0 Å². The van der Waals surface area contributed by atoms with Gasteiger partial charge in [-0.25, -0.2) is 9.97 Å². The first kappa shape index (κ1) is 15.0. The molecule has 0 aliphatic heterocycles. The zero-order valence-corrected chi connectivity index (χ0v) is 12.9. The lowest BCUT2D eigenvalue weighted by Crippen LogP contribution is -2.17. The third kappa shape index (κ3) is 4.96. The molecule has 20 heavy (non-hydrogen) atoms. The summed E-state index contributed by atoms with van der Waals surface area (Å²) in [5.41, 5.74) is 0. The van der Waals surface area contributed by atoms with Crippen LogP contribution in [-0.4, -0.2) is 48.6 Å². The van der Waals surface area contributed by atoms with Gasteiger partial charge in [-0.2, -0.15) is 0 Å².